The van der Waals surface area contributed by atoms with E-state index >= 15 is 0 Å². The second kappa shape index (κ2) is 5.40. The van der Waals surface area contributed by atoms with Gasteiger partial charge in [-0.05, 0) is 44.4 Å². The van der Waals surface area contributed by atoms with Gasteiger partial charge < -0.3 is 15.6 Å². The Hall–Kier alpha value is -1.55. The standard InChI is InChI=1S/C14H21NO3/c1-5-14(3,4)18-8-10-6-7-11(13(16)17)12(15)9(10)2/h6-7H,5,8,15H2,1-4H3,(H,16,17). The van der Waals surface area contributed by atoms with Crippen molar-refractivity contribution in [3.63, 3.8) is 0 Å². The molecule has 0 aliphatic carbocycles. The molecule has 4 heteroatoms. The van der Waals surface area contributed by atoms with Gasteiger partial charge in [-0.15, -0.1) is 0 Å². The average Bonchev–Trinajstić information content (AvgIpc) is 2.30. The smallest absolute Gasteiger partial charge is 0.337 e. The van der Waals surface area contributed by atoms with Crippen molar-refractivity contribution < 1.29 is 14.6 Å². The molecule has 0 saturated heterocycles. The number of carboxylic acids is 1. The van der Waals surface area contributed by atoms with Crippen molar-refractivity contribution >= 4 is 11.7 Å². The third kappa shape index (κ3) is 3.23. The number of nitrogen functional groups attached to an aromatic ring is 1. The van der Waals surface area contributed by atoms with E-state index in [0.29, 0.717) is 12.3 Å². The molecular weight excluding hydrogens is 230 g/mol. The highest BCUT2D eigenvalue weighted by molar-refractivity contribution is 5.94. The van der Waals surface area contributed by atoms with E-state index in [9.17, 15) is 4.79 Å². The topological polar surface area (TPSA) is 72.5 Å². The minimum absolute atomic E-state index is 0.144. The molecule has 1 rings (SSSR count). The van der Waals surface area contributed by atoms with Gasteiger partial charge in [-0.25, -0.2) is 4.79 Å². The van der Waals surface area contributed by atoms with Gasteiger partial charge in [0.15, 0.2) is 0 Å². The zero-order valence-electron chi connectivity index (χ0n) is 11.4. The molecule has 3 N–H and O–H groups in total. The van der Waals surface area contributed by atoms with Crippen LogP contribution in [0.15, 0.2) is 12.1 Å². The highest BCUT2D eigenvalue weighted by Gasteiger charge is 2.17. The molecule has 0 radical (unpaired) electrons. The second-order valence-corrected chi connectivity index (χ2v) is 5.02. The van der Waals surface area contributed by atoms with Crippen LogP contribution < -0.4 is 5.73 Å². The molecule has 0 bridgehead atoms. The van der Waals surface area contributed by atoms with Crippen LogP contribution >= 0.6 is 0 Å². The third-order valence-electron chi connectivity index (χ3n) is 3.33. The van der Waals surface area contributed by atoms with Crippen LogP contribution in [0, 0.1) is 6.92 Å². The van der Waals surface area contributed by atoms with E-state index in [1.807, 2.05) is 20.8 Å². The highest BCUT2D eigenvalue weighted by atomic mass is 16.5. The Morgan fingerprint density at radius 2 is 2.06 bits per heavy atom. The summed E-state index contributed by atoms with van der Waals surface area (Å²) in [5.41, 5.74) is 7.80. The summed E-state index contributed by atoms with van der Waals surface area (Å²) >= 11 is 0. The van der Waals surface area contributed by atoms with Crippen molar-refractivity contribution in [1.29, 1.82) is 0 Å². The third-order valence-corrected chi connectivity index (χ3v) is 3.33. The number of nitrogens with two attached hydrogens (primary N) is 1. The molecule has 100 valence electrons. The van der Waals surface area contributed by atoms with Crippen LogP contribution in [0.2, 0.25) is 0 Å². The zero-order valence-corrected chi connectivity index (χ0v) is 11.4. The molecule has 0 heterocycles. The van der Waals surface area contributed by atoms with Gasteiger partial charge >= 0.3 is 5.97 Å². The van der Waals surface area contributed by atoms with E-state index < -0.39 is 5.97 Å². The maximum atomic E-state index is 10.9. The van der Waals surface area contributed by atoms with Crippen molar-refractivity contribution in [1.82, 2.24) is 0 Å². The first kappa shape index (κ1) is 14.5. The monoisotopic (exact) mass is 251 g/mol. The highest BCUT2D eigenvalue weighted by Crippen LogP contribution is 2.24. The zero-order chi connectivity index (χ0) is 13.9. The number of hydrogen-bond acceptors (Lipinski definition) is 3. The van der Waals surface area contributed by atoms with Gasteiger partial charge in [-0.3, -0.25) is 0 Å². The number of aromatic carboxylic acids is 1. The predicted octanol–water partition coefficient (Wildman–Crippen LogP) is 2.98. The largest absolute Gasteiger partial charge is 0.478 e. The summed E-state index contributed by atoms with van der Waals surface area (Å²) in [6.45, 7) is 8.37. The Balaban J connectivity index is 2.93. The first-order chi connectivity index (χ1) is 8.28. The van der Waals surface area contributed by atoms with Crippen LogP contribution in [0.25, 0.3) is 0 Å². The summed E-state index contributed by atoms with van der Waals surface area (Å²) in [7, 11) is 0. The van der Waals surface area contributed by atoms with Gasteiger partial charge in [-0.1, -0.05) is 13.0 Å². The lowest BCUT2D eigenvalue weighted by molar-refractivity contribution is -0.0318. The van der Waals surface area contributed by atoms with E-state index in [2.05, 4.69) is 6.92 Å². The average molecular weight is 251 g/mol. The molecule has 0 aliphatic heterocycles. The van der Waals surface area contributed by atoms with Gasteiger partial charge in [0.1, 0.15) is 0 Å². The molecule has 0 spiro atoms. The lowest BCUT2D eigenvalue weighted by Crippen LogP contribution is -2.23. The van der Waals surface area contributed by atoms with Crippen molar-refractivity contribution in [2.24, 2.45) is 0 Å². The Morgan fingerprint density at radius 3 is 2.56 bits per heavy atom. The van der Waals surface area contributed by atoms with Gasteiger partial charge in [0.25, 0.3) is 0 Å². The molecule has 18 heavy (non-hydrogen) atoms. The molecule has 0 amide bonds. The number of rotatable bonds is 5. The SMILES string of the molecule is CCC(C)(C)OCc1ccc(C(=O)O)c(N)c1C. The van der Waals surface area contributed by atoms with E-state index in [-0.39, 0.29) is 11.2 Å². The molecule has 0 unspecified atom stereocenters. The van der Waals surface area contributed by atoms with Gasteiger partial charge in [-0.2, -0.15) is 0 Å². The van der Waals surface area contributed by atoms with Crippen molar-refractivity contribution in [3.05, 3.63) is 28.8 Å². The second-order valence-electron chi connectivity index (χ2n) is 5.02. The van der Waals surface area contributed by atoms with Crippen LogP contribution in [0.3, 0.4) is 0 Å². The van der Waals surface area contributed by atoms with E-state index in [1.165, 1.54) is 6.07 Å². The first-order valence-corrected chi connectivity index (χ1v) is 6.03. The molecule has 0 aromatic heterocycles. The number of anilines is 1. The van der Waals surface area contributed by atoms with Crippen molar-refractivity contribution in [3.8, 4) is 0 Å². The van der Waals surface area contributed by atoms with Crippen LogP contribution in [-0.4, -0.2) is 16.7 Å². The minimum atomic E-state index is -1.00. The van der Waals surface area contributed by atoms with E-state index in [1.54, 1.807) is 6.07 Å². The number of benzene rings is 1. The number of ether oxygens (including phenoxy) is 1. The van der Waals surface area contributed by atoms with Crippen LogP contribution in [0.4, 0.5) is 5.69 Å². The Kier molecular flexibility index (Phi) is 4.35. The van der Waals surface area contributed by atoms with Gasteiger partial charge in [0, 0.05) is 5.69 Å². The summed E-state index contributed by atoms with van der Waals surface area (Å²) in [6, 6.07) is 3.29. The van der Waals surface area contributed by atoms with Crippen LogP contribution in [0.1, 0.15) is 48.7 Å². The molecule has 1 aromatic rings. The number of hydrogen-bond donors (Lipinski definition) is 2. The fourth-order valence-corrected chi connectivity index (χ4v) is 1.49. The Labute approximate surface area is 108 Å². The normalized spacial score (nSPS) is 11.6. The maximum Gasteiger partial charge on any atom is 0.337 e. The molecule has 0 saturated carbocycles. The number of carbonyl (C=O) groups is 1. The van der Waals surface area contributed by atoms with Gasteiger partial charge in [0.05, 0.1) is 17.8 Å². The fraction of sp³-hybridized carbons (Fsp3) is 0.500. The van der Waals surface area contributed by atoms with Crippen molar-refractivity contribution in [2.75, 3.05) is 5.73 Å². The molecule has 4 nitrogen and oxygen atoms in total. The Morgan fingerprint density at radius 1 is 1.44 bits per heavy atom. The molecular formula is C14H21NO3. The van der Waals surface area contributed by atoms with Gasteiger partial charge in [0.2, 0.25) is 0 Å². The Bertz CT molecular complexity index is 453. The maximum absolute atomic E-state index is 10.9. The first-order valence-electron chi connectivity index (χ1n) is 6.03. The molecule has 0 aliphatic rings. The molecule has 0 atom stereocenters. The van der Waals surface area contributed by atoms with E-state index in [0.717, 1.165) is 17.5 Å². The van der Waals surface area contributed by atoms with Crippen LogP contribution in [0.5, 0.6) is 0 Å². The lowest BCUT2D eigenvalue weighted by atomic mass is 10.0. The van der Waals surface area contributed by atoms with Crippen LogP contribution in [-0.2, 0) is 11.3 Å². The minimum Gasteiger partial charge on any atom is -0.478 e. The quantitative estimate of drug-likeness (QED) is 0.789. The van der Waals surface area contributed by atoms with E-state index in [4.69, 9.17) is 15.6 Å². The summed E-state index contributed by atoms with van der Waals surface area (Å²) in [5.74, 6) is -1.00. The molecule has 0 fully saturated rings. The summed E-state index contributed by atoms with van der Waals surface area (Å²) < 4.78 is 5.80. The summed E-state index contributed by atoms with van der Waals surface area (Å²) in [4.78, 5) is 10.9. The van der Waals surface area contributed by atoms with Crippen molar-refractivity contribution in [2.45, 2.75) is 46.3 Å². The molecule has 1 aromatic carbocycles. The predicted molar refractivity (Wildman–Crippen MR) is 71.7 cm³/mol. The lowest BCUT2D eigenvalue weighted by Gasteiger charge is -2.24. The fourth-order valence-electron chi connectivity index (χ4n) is 1.49. The summed E-state index contributed by atoms with van der Waals surface area (Å²) in [6.07, 6.45) is 0.911. The summed E-state index contributed by atoms with van der Waals surface area (Å²) in [5, 5.41) is 8.97. The number of carboxylic acid groups (broad SMARTS) is 1.